The molecular formula is C42H42O6. The van der Waals surface area contributed by atoms with Gasteiger partial charge in [-0.05, 0) is 22.3 Å². The van der Waals surface area contributed by atoms with E-state index in [-0.39, 0.29) is 18.8 Å². The van der Waals surface area contributed by atoms with Gasteiger partial charge in [0.05, 0.1) is 39.1 Å². The molecule has 0 radical (unpaired) electrons. The topological polar surface area (TPSA) is 63.2 Å². The smallest absolute Gasteiger partial charge is 0.165 e. The van der Waals surface area contributed by atoms with Gasteiger partial charge in [-0.3, -0.25) is 4.79 Å². The van der Waals surface area contributed by atoms with Crippen molar-refractivity contribution < 1.29 is 28.5 Å². The lowest BCUT2D eigenvalue weighted by molar-refractivity contribution is -0.271. The highest BCUT2D eigenvalue weighted by Crippen LogP contribution is 2.33. The number of carbonyl (C=O) groups is 1. The third-order valence-electron chi connectivity index (χ3n) is 8.46. The van der Waals surface area contributed by atoms with Gasteiger partial charge in [0.25, 0.3) is 0 Å². The molecule has 0 aromatic heterocycles. The Morgan fingerprint density at radius 2 is 0.833 bits per heavy atom. The second kappa shape index (κ2) is 17.6. The highest BCUT2D eigenvalue weighted by Gasteiger charge is 2.49. The molecule has 6 nitrogen and oxygen atoms in total. The van der Waals surface area contributed by atoms with Crippen LogP contribution >= 0.6 is 0 Å². The van der Waals surface area contributed by atoms with Crippen molar-refractivity contribution in [3.63, 3.8) is 0 Å². The van der Waals surface area contributed by atoms with Crippen molar-refractivity contribution in [1.82, 2.24) is 0 Å². The normalized spacial score (nSPS) is 20.7. The van der Waals surface area contributed by atoms with Crippen molar-refractivity contribution >= 4 is 5.78 Å². The first-order valence-corrected chi connectivity index (χ1v) is 16.5. The largest absolute Gasteiger partial charge is 0.374 e. The zero-order valence-corrected chi connectivity index (χ0v) is 27.0. The summed E-state index contributed by atoms with van der Waals surface area (Å²) in [6.07, 6.45) is -2.73. The first-order valence-electron chi connectivity index (χ1n) is 16.5. The van der Waals surface area contributed by atoms with Crippen LogP contribution in [-0.4, -0.2) is 42.9 Å². The minimum Gasteiger partial charge on any atom is -0.374 e. The molecule has 1 heterocycles. The predicted molar refractivity (Wildman–Crippen MR) is 185 cm³/mol. The lowest BCUT2D eigenvalue weighted by Gasteiger charge is -2.46. The van der Waals surface area contributed by atoms with Crippen LogP contribution in [0.3, 0.4) is 0 Å². The predicted octanol–water partition coefficient (Wildman–Crippen LogP) is 8.00. The molecule has 5 atom stereocenters. The highest BCUT2D eigenvalue weighted by atomic mass is 16.6. The molecule has 5 aromatic carbocycles. The number of ether oxygens (including phenoxy) is 5. The fourth-order valence-corrected chi connectivity index (χ4v) is 5.97. The summed E-state index contributed by atoms with van der Waals surface area (Å²) in [5, 5.41) is 0. The van der Waals surface area contributed by atoms with Gasteiger partial charge < -0.3 is 23.7 Å². The third-order valence-corrected chi connectivity index (χ3v) is 8.46. The molecule has 246 valence electrons. The molecule has 1 fully saturated rings. The third kappa shape index (κ3) is 9.57. The van der Waals surface area contributed by atoms with E-state index in [1.807, 2.05) is 152 Å². The Balaban J connectivity index is 1.32. The molecule has 0 N–H and O–H groups in total. The summed E-state index contributed by atoms with van der Waals surface area (Å²) in [5.74, 6) is -0.0247. The molecule has 6 heteroatoms. The fraction of sp³-hybridized carbons (Fsp3) is 0.262. The highest BCUT2D eigenvalue weighted by molar-refractivity contribution is 5.96. The van der Waals surface area contributed by atoms with Crippen LogP contribution in [0.15, 0.2) is 152 Å². The van der Waals surface area contributed by atoms with E-state index in [9.17, 15) is 4.79 Å². The van der Waals surface area contributed by atoms with Gasteiger partial charge in [0, 0.05) is 12.0 Å². The molecule has 0 amide bonds. The average Bonchev–Trinajstić information content (AvgIpc) is 3.15. The Bertz CT molecular complexity index is 1630. The van der Waals surface area contributed by atoms with Crippen molar-refractivity contribution in [3.8, 4) is 0 Å². The minimum absolute atomic E-state index is 0.0247. The molecular weight excluding hydrogens is 600 g/mol. The number of ketones is 1. The van der Waals surface area contributed by atoms with Crippen LogP contribution < -0.4 is 0 Å². The average molecular weight is 643 g/mol. The van der Waals surface area contributed by atoms with Crippen LogP contribution in [0.4, 0.5) is 0 Å². The molecule has 6 rings (SSSR count). The van der Waals surface area contributed by atoms with E-state index >= 15 is 0 Å². The minimum atomic E-state index is -0.607. The Morgan fingerprint density at radius 3 is 1.29 bits per heavy atom. The zero-order valence-electron chi connectivity index (χ0n) is 27.0. The van der Waals surface area contributed by atoms with Crippen LogP contribution in [-0.2, 0) is 50.1 Å². The van der Waals surface area contributed by atoms with Crippen molar-refractivity contribution in [2.75, 3.05) is 6.61 Å². The van der Waals surface area contributed by atoms with Crippen LogP contribution in [0, 0.1) is 0 Å². The summed E-state index contributed by atoms with van der Waals surface area (Å²) < 4.78 is 33.3. The van der Waals surface area contributed by atoms with Crippen LogP contribution in [0.25, 0.3) is 0 Å². The molecule has 0 aliphatic carbocycles. The van der Waals surface area contributed by atoms with Crippen LogP contribution in [0.1, 0.15) is 39.0 Å². The van der Waals surface area contributed by atoms with Crippen molar-refractivity contribution in [2.24, 2.45) is 0 Å². The molecule has 0 spiro atoms. The summed E-state index contributed by atoms with van der Waals surface area (Å²) >= 11 is 0. The summed E-state index contributed by atoms with van der Waals surface area (Å²) in [6, 6.07) is 49.5. The first-order chi connectivity index (χ1) is 23.7. The SMILES string of the molecule is O=C(CC1OC(COCc2ccccc2)C(OCc2ccccc2)C(OCc2ccccc2)C1OCc1ccccc1)c1ccccc1. The van der Waals surface area contributed by atoms with E-state index < -0.39 is 30.5 Å². The van der Waals surface area contributed by atoms with Gasteiger partial charge in [-0.25, -0.2) is 0 Å². The fourth-order valence-electron chi connectivity index (χ4n) is 5.97. The number of hydrogen-bond donors (Lipinski definition) is 0. The second-order valence-electron chi connectivity index (χ2n) is 12.0. The number of hydrogen-bond acceptors (Lipinski definition) is 6. The van der Waals surface area contributed by atoms with Crippen molar-refractivity contribution in [3.05, 3.63) is 179 Å². The van der Waals surface area contributed by atoms with E-state index in [4.69, 9.17) is 23.7 Å². The zero-order chi connectivity index (χ0) is 32.8. The van der Waals surface area contributed by atoms with E-state index in [2.05, 4.69) is 0 Å². The second-order valence-corrected chi connectivity index (χ2v) is 12.0. The quantitative estimate of drug-likeness (QED) is 0.102. The molecule has 1 aliphatic heterocycles. The Kier molecular flexibility index (Phi) is 12.3. The molecule has 5 aromatic rings. The maximum Gasteiger partial charge on any atom is 0.165 e. The van der Waals surface area contributed by atoms with Gasteiger partial charge in [0.1, 0.15) is 24.4 Å². The Labute approximate surface area is 283 Å². The van der Waals surface area contributed by atoms with Gasteiger partial charge in [-0.2, -0.15) is 0 Å². The maximum absolute atomic E-state index is 13.7. The monoisotopic (exact) mass is 642 g/mol. The number of benzene rings is 5. The van der Waals surface area contributed by atoms with Gasteiger partial charge >= 0.3 is 0 Å². The maximum atomic E-state index is 13.7. The molecule has 1 saturated heterocycles. The first kappa shape index (κ1) is 33.5. The van der Waals surface area contributed by atoms with Gasteiger partial charge in [0.2, 0.25) is 0 Å². The standard InChI is InChI=1S/C42H42O6/c43-37(36-24-14-5-15-25-36)26-38-40(45-28-33-18-8-2-9-19-33)42(47-30-35-22-12-4-13-23-35)41(46-29-34-20-10-3-11-21-34)39(48-38)31-44-27-32-16-6-1-7-17-32/h1-25,38-42H,26-31H2. The Hall–Kier alpha value is -4.43. The lowest BCUT2D eigenvalue weighted by atomic mass is 9.90. The van der Waals surface area contributed by atoms with Gasteiger partial charge in [-0.15, -0.1) is 0 Å². The lowest BCUT2D eigenvalue weighted by Crippen LogP contribution is -2.61. The molecule has 5 unspecified atom stereocenters. The van der Waals surface area contributed by atoms with E-state index in [0.717, 1.165) is 22.3 Å². The molecule has 48 heavy (non-hydrogen) atoms. The van der Waals surface area contributed by atoms with Crippen molar-refractivity contribution in [2.45, 2.75) is 63.4 Å². The number of carbonyl (C=O) groups excluding carboxylic acids is 1. The molecule has 0 saturated carbocycles. The van der Waals surface area contributed by atoms with E-state index in [0.29, 0.717) is 32.0 Å². The number of rotatable bonds is 16. The molecule has 1 aliphatic rings. The van der Waals surface area contributed by atoms with Crippen LogP contribution in [0.5, 0.6) is 0 Å². The van der Waals surface area contributed by atoms with Crippen LogP contribution in [0.2, 0.25) is 0 Å². The Morgan fingerprint density at radius 1 is 0.458 bits per heavy atom. The van der Waals surface area contributed by atoms with E-state index in [1.54, 1.807) is 0 Å². The summed E-state index contributed by atoms with van der Waals surface area (Å²) in [5.41, 5.74) is 4.77. The van der Waals surface area contributed by atoms with Gasteiger partial charge in [-0.1, -0.05) is 152 Å². The molecule has 0 bridgehead atoms. The summed E-state index contributed by atoms with van der Waals surface area (Å²) in [7, 11) is 0. The van der Waals surface area contributed by atoms with Gasteiger partial charge in [0.15, 0.2) is 5.78 Å². The van der Waals surface area contributed by atoms with Crippen molar-refractivity contribution in [1.29, 1.82) is 0 Å². The van der Waals surface area contributed by atoms with E-state index in [1.165, 1.54) is 0 Å². The number of Topliss-reactive ketones (excluding diaryl/α,β-unsaturated/α-hetero) is 1. The summed E-state index contributed by atoms with van der Waals surface area (Å²) in [6.45, 7) is 1.70. The summed E-state index contributed by atoms with van der Waals surface area (Å²) in [4.78, 5) is 13.7.